The van der Waals surface area contributed by atoms with E-state index in [1.807, 2.05) is 0 Å². The summed E-state index contributed by atoms with van der Waals surface area (Å²) in [5.41, 5.74) is 0. The van der Waals surface area contributed by atoms with Crippen LogP contribution in [0.3, 0.4) is 0 Å². The van der Waals surface area contributed by atoms with Gasteiger partial charge in [0, 0.05) is 26.4 Å². The van der Waals surface area contributed by atoms with Gasteiger partial charge in [-0.05, 0) is 6.42 Å². The van der Waals surface area contributed by atoms with E-state index >= 15 is 0 Å². The van der Waals surface area contributed by atoms with Crippen LogP contribution in [0.25, 0.3) is 0 Å². The van der Waals surface area contributed by atoms with Crippen LogP contribution in [0.2, 0.25) is 0 Å². The molecule has 0 fully saturated rings. The molecule has 0 aliphatic carbocycles. The van der Waals surface area contributed by atoms with Gasteiger partial charge in [-0.2, -0.15) is 0 Å². The van der Waals surface area contributed by atoms with Gasteiger partial charge >= 0.3 is 11.9 Å². The first-order valence-electron chi connectivity index (χ1n) is 4.68. The number of carbonyl (C=O) groups is 2. The Labute approximate surface area is 88.7 Å². The molecule has 1 atom stereocenters. The van der Waals surface area contributed by atoms with Crippen LogP contribution in [0.5, 0.6) is 0 Å². The average molecular weight is 216 g/mol. The zero-order valence-electron chi connectivity index (χ0n) is 8.77. The van der Waals surface area contributed by atoms with Crippen LogP contribution in [0.15, 0.2) is 12.8 Å². The monoisotopic (exact) mass is 216 g/mol. The zero-order chi connectivity index (χ0) is 11.7. The van der Waals surface area contributed by atoms with Crippen molar-refractivity contribution < 1.29 is 24.2 Å². The van der Waals surface area contributed by atoms with E-state index in [0.29, 0.717) is 12.8 Å². The summed E-state index contributed by atoms with van der Waals surface area (Å²) < 4.78 is 9.38. The fraction of sp³-hybridized carbons (Fsp3) is 0.600. The second-order valence-corrected chi connectivity index (χ2v) is 2.94. The van der Waals surface area contributed by atoms with E-state index in [9.17, 15) is 9.59 Å². The highest BCUT2D eigenvalue weighted by Gasteiger charge is 2.12. The molecule has 0 rings (SSSR count). The third-order valence-corrected chi connectivity index (χ3v) is 1.67. The van der Waals surface area contributed by atoms with Crippen LogP contribution in [-0.4, -0.2) is 29.8 Å². The summed E-state index contributed by atoms with van der Waals surface area (Å²) >= 11 is 0. The lowest BCUT2D eigenvalue weighted by Gasteiger charge is -2.14. The Morgan fingerprint density at radius 3 is 2.60 bits per heavy atom. The van der Waals surface area contributed by atoms with Gasteiger partial charge in [0.15, 0.2) is 0 Å². The first-order chi connectivity index (χ1) is 7.10. The van der Waals surface area contributed by atoms with E-state index in [2.05, 4.69) is 11.3 Å². The van der Waals surface area contributed by atoms with E-state index in [1.54, 1.807) is 0 Å². The maximum Gasteiger partial charge on any atom is 0.313 e. The molecule has 0 aromatic heterocycles. The highest BCUT2D eigenvalue weighted by atomic mass is 16.6. The normalized spacial score (nSPS) is 11.6. The Hall–Kier alpha value is -1.36. The van der Waals surface area contributed by atoms with Crippen molar-refractivity contribution in [2.75, 3.05) is 6.61 Å². The molecule has 0 bridgehead atoms. The maximum absolute atomic E-state index is 11.0. The number of aliphatic hydroxyl groups excluding tert-OH is 1. The zero-order valence-corrected chi connectivity index (χ0v) is 8.77. The molecule has 0 aliphatic heterocycles. The Bertz CT molecular complexity index is 224. The molecule has 15 heavy (non-hydrogen) atoms. The summed E-state index contributed by atoms with van der Waals surface area (Å²) in [4.78, 5) is 21.4. The van der Waals surface area contributed by atoms with Crippen LogP contribution in [0.1, 0.15) is 26.2 Å². The van der Waals surface area contributed by atoms with Gasteiger partial charge in [0.25, 0.3) is 0 Å². The standard InChI is InChI=1S/C10H16O5/c1-3-14-9(6-7-11)4-5-10(13)15-8(2)12/h3,9,11H,1,4-7H2,2H3. The van der Waals surface area contributed by atoms with Gasteiger partial charge in [0.1, 0.15) is 6.10 Å². The van der Waals surface area contributed by atoms with E-state index < -0.39 is 11.9 Å². The van der Waals surface area contributed by atoms with Crippen LogP contribution in [0.4, 0.5) is 0 Å². The van der Waals surface area contributed by atoms with Crippen molar-refractivity contribution in [2.45, 2.75) is 32.3 Å². The molecule has 0 spiro atoms. The molecule has 0 aromatic carbocycles. The van der Waals surface area contributed by atoms with Crippen LogP contribution in [-0.2, 0) is 19.1 Å². The Balaban J connectivity index is 3.81. The molecule has 0 aliphatic rings. The van der Waals surface area contributed by atoms with Gasteiger partial charge in [-0.25, -0.2) is 0 Å². The number of hydrogen-bond donors (Lipinski definition) is 1. The first-order valence-corrected chi connectivity index (χ1v) is 4.68. The van der Waals surface area contributed by atoms with Gasteiger partial charge in [0.2, 0.25) is 0 Å². The second-order valence-electron chi connectivity index (χ2n) is 2.94. The van der Waals surface area contributed by atoms with Gasteiger partial charge in [0.05, 0.1) is 6.26 Å². The minimum atomic E-state index is -0.622. The maximum atomic E-state index is 11.0. The van der Waals surface area contributed by atoms with E-state index in [0.717, 1.165) is 0 Å². The summed E-state index contributed by atoms with van der Waals surface area (Å²) in [5, 5.41) is 8.69. The van der Waals surface area contributed by atoms with Gasteiger partial charge in [-0.3, -0.25) is 9.59 Å². The van der Waals surface area contributed by atoms with E-state index in [1.165, 1.54) is 13.2 Å². The molecule has 0 saturated heterocycles. The number of hydrogen-bond acceptors (Lipinski definition) is 5. The van der Waals surface area contributed by atoms with Crippen molar-refractivity contribution in [3.05, 3.63) is 12.8 Å². The third kappa shape index (κ3) is 7.69. The molecular weight excluding hydrogens is 200 g/mol. The largest absolute Gasteiger partial charge is 0.499 e. The molecule has 0 saturated carbocycles. The highest BCUT2D eigenvalue weighted by molar-refractivity contribution is 5.83. The lowest BCUT2D eigenvalue weighted by molar-refractivity contribution is -0.158. The molecule has 1 unspecified atom stereocenters. The van der Waals surface area contributed by atoms with Crippen molar-refractivity contribution in [3.8, 4) is 0 Å². The summed E-state index contributed by atoms with van der Waals surface area (Å²) in [6.45, 7) is 4.53. The van der Waals surface area contributed by atoms with Crippen molar-refractivity contribution >= 4 is 11.9 Å². The first kappa shape index (κ1) is 13.6. The molecule has 0 amide bonds. The predicted octanol–water partition coefficient (Wildman–Crippen LogP) is 0.767. The molecule has 0 aromatic rings. The average Bonchev–Trinajstić information content (AvgIpc) is 2.14. The van der Waals surface area contributed by atoms with Crippen LogP contribution in [0, 0.1) is 0 Å². The molecule has 5 nitrogen and oxygen atoms in total. The third-order valence-electron chi connectivity index (χ3n) is 1.67. The van der Waals surface area contributed by atoms with E-state index in [4.69, 9.17) is 9.84 Å². The highest BCUT2D eigenvalue weighted by Crippen LogP contribution is 2.07. The number of rotatable bonds is 7. The quantitative estimate of drug-likeness (QED) is 0.386. The predicted molar refractivity (Wildman–Crippen MR) is 52.8 cm³/mol. The van der Waals surface area contributed by atoms with Crippen molar-refractivity contribution in [2.24, 2.45) is 0 Å². The molecule has 0 heterocycles. The summed E-state index contributed by atoms with van der Waals surface area (Å²) in [5.74, 6) is -1.21. The molecular formula is C10H16O5. The molecule has 1 N–H and O–H groups in total. The minimum Gasteiger partial charge on any atom is -0.499 e. The van der Waals surface area contributed by atoms with Gasteiger partial charge < -0.3 is 14.6 Å². The summed E-state index contributed by atoms with van der Waals surface area (Å²) in [7, 11) is 0. The lowest BCUT2D eigenvalue weighted by atomic mass is 10.1. The molecule has 5 heteroatoms. The van der Waals surface area contributed by atoms with Crippen LogP contribution >= 0.6 is 0 Å². The Morgan fingerprint density at radius 2 is 2.13 bits per heavy atom. The van der Waals surface area contributed by atoms with Gasteiger partial charge in [-0.1, -0.05) is 6.58 Å². The van der Waals surface area contributed by atoms with E-state index in [-0.39, 0.29) is 19.1 Å². The minimum absolute atomic E-state index is 0.0275. The second kappa shape index (κ2) is 7.99. The Kier molecular flexibility index (Phi) is 7.27. The number of esters is 2. The topological polar surface area (TPSA) is 72.8 Å². The summed E-state index contributed by atoms with van der Waals surface area (Å²) in [6.07, 6.45) is 1.87. The smallest absolute Gasteiger partial charge is 0.313 e. The fourth-order valence-electron chi connectivity index (χ4n) is 1.05. The van der Waals surface area contributed by atoms with Gasteiger partial charge in [-0.15, -0.1) is 0 Å². The molecule has 86 valence electrons. The fourth-order valence-corrected chi connectivity index (χ4v) is 1.05. The lowest BCUT2D eigenvalue weighted by Crippen LogP contribution is -2.16. The SMILES string of the molecule is C=COC(CCO)CCC(=O)OC(C)=O. The molecule has 0 radical (unpaired) electrons. The number of carbonyl (C=O) groups excluding carboxylic acids is 2. The van der Waals surface area contributed by atoms with Crippen molar-refractivity contribution in [3.63, 3.8) is 0 Å². The van der Waals surface area contributed by atoms with Crippen molar-refractivity contribution in [1.82, 2.24) is 0 Å². The van der Waals surface area contributed by atoms with Crippen LogP contribution < -0.4 is 0 Å². The number of aliphatic hydroxyl groups is 1. The van der Waals surface area contributed by atoms with Crippen molar-refractivity contribution in [1.29, 1.82) is 0 Å². The Morgan fingerprint density at radius 1 is 1.47 bits per heavy atom. The number of ether oxygens (including phenoxy) is 2. The summed E-state index contributed by atoms with van der Waals surface area (Å²) in [6, 6.07) is 0.